The van der Waals surface area contributed by atoms with E-state index in [0.29, 0.717) is 27.1 Å². The van der Waals surface area contributed by atoms with Crippen LogP contribution in [0.1, 0.15) is 59.5 Å². The Balaban J connectivity index is 1.35. The number of hydrogen-bond donors (Lipinski definition) is 3. The zero-order valence-corrected chi connectivity index (χ0v) is 49.3. The van der Waals surface area contributed by atoms with Gasteiger partial charge >= 0.3 is 53.7 Å². The second kappa shape index (κ2) is 29.7. The molecule has 1 heterocycles. The van der Waals surface area contributed by atoms with E-state index in [9.17, 15) is 63.0 Å². The number of anilines is 3. The lowest BCUT2D eigenvalue weighted by atomic mass is 9.86. The van der Waals surface area contributed by atoms with Crippen molar-refractivity contribution in [3.8, 4) is 17.2 Å². The number of amides is 1. The number of carbonyl (C=O) groups is 11. The number of nitrogens with one attached hydrogen (secondary N) is 1. The van der Waals surface area contributed by atoms with E-state index in [4.69, 9.17) is 61.1 Å². The number of phenols is 1. The van der Waals surface area contributed by atoms with Crippen molar-refractivity contribution in [1.82, 2.24) is 0 Å². The van der Waals surface area contributed by atoms with E-state index in [2.05, 4.69) is 14.8 Å². The lowest BCUT2D eigenvalue weighted by molar-refractivity contribution is -0.167. The molecule has 3 N–H and O–H groups in total. The minimum atomic E-state index is -2.99. The fraction of sp³-hybridized carbons (Fsp3) is 0.281. The first-order valence-electron chi connectivity index (χ1n) is 25.5. The molecule has 4 aromatic rings. The molecule has 0 unspecified atom stereocenters. The third kappa shape index (κ3) is 17.2. The van der Waals surface area contributed by atoms with E-state index in [1.165, 1.54) is 59.5 Å². The molecule has 0 bridgehead atoms. The zero-order valence-electron chi connectivity index (χ0n) is 46.8. The second-order valence-corrected chi connectivity index (χ2v) is 23.8. The summed E-state index contributed by atoms with van der Waals surface area (Å²) < 4.78 is 51.2. The van der Waals surface area contributed by atoms with Crippen LogP contribution < -0.4 is 29.8 Å². The summed E-state index contributed by atoms with van der Waals surface area (Å²) in [6, 6.07) is 16.9. The van der Waals surface area contributed by atoms with Crippen LogP contribution in [-0.2, 0) is 81.0 Å². The van der Waals surface area contributed by atoms with Crippen LogP contribution in [0.2, 0.25) is 18.1 Å². The van der Waals surface area contributed by atoms with Crippen molar-refractivity contribution in [2.45, 2.75) is 40.8 Å². The topological polar surface area (TPSA) is 339 Å². The van der Waals surface area contributed by atoms with Gasteiger partial charge in [0.15, 0.2) is 5.78 Å². The van der Waals surface area contributed by atoms with Crippen molar-refractivity contribution in [3.05, 3.63) is 128 Å². The Morgan fingerprint density at radius 3 is 1.55 bits per heavy atom. The van der Waals surface area contributed by atoms with Gasteiger partial charge in [0.05, 0.1) is 27.0 Å². The van der Waals surface area contributed by atoms with Crippen molar-refractivity contribution < 1.29 is 110 Å². The number of aromatic hydroxyl groups is 1. The number of benzene rings is 4. The molecular weight excluding hydrogens is 1190 g/mol. The summed E-state index contributed by atoms with van der Waals surface area (Å²) in [5.74, 6) is -10.1. The molecule has 0 radical (unpaired) electrons. The van der Waals surface area contributed by atoms with E-state index in [1.54, 1.807) is 24.3 Å². The minimum absolute atomic E-state index is 0.00168. The van der Waals surface area contributed by atoms with Crippen molar-refractivity contribution in [2.75, 3.05) is 81.7 Å². The smallest absolute Gasteiger partial charge is 0.336 e. The zero-order chi connectivity index (χ0) is 63.0. The molecule has 29 heteroatoms. The standard InChI is InChI=1S/C57H55Cl2N3O23Si/c1-31(63)78-27-82-47(69)23-61(24-48(70)83-28-79-32(2)64)41-9-7-8-10-45(41)76-19-20-77-46-22-36(12-16-42(46)62(25-49(71)84-29-80-33(3)65)26-50(72)85-30-81-34(4)66)60-56(73)35-11-13-37(40(21-35)57(74)75)51-38-14-17-43(67)52(58)54(38)86(5,6)55-39(51)15-18-44(68)53(55)59/h7-18,21-22,67H,19-20,23-30H2,1-6H3,(H,60,73)(H,74,75)/q-1. The number of ether oxygens (including phenoxy) is 10. The Labute approximate surface area is 500 Å². The maximum Gasteiger partial charge on any atom is 0.336 e. The third-order valence-electron chi connectivity index (χ3n) is 12.4. The van der Waals surface area contributed by atoms with E-state index < -0.39 is 127 Å². The van der Waals surface area contributed by atoms with Gasteiger partial charge in [0.2, 0.25) is 27.2 Å². The average Bonchev–Trinajstić information content (AvgIpc) is 0.714. The van der Waals surface area contributed by atoms with E-state index >= 15 is 0 Å². The Hall–Kier alpha value is -9.73. The maximum atomic E-state index is 14.3. The molecule has 1 amide bonds. The highest BCUT2D eigenvalue weighted by molar-refractivity contribution is 6.99. The predicted octanol–water partition coefficient (Wildman–Crippen LogP) is 5.22. The molecule has 0 atom stereocenters. The van der Waals surface area contributed by atoms with Gasteiger partial charge in [-0.3, -0.25) is 47.9 Å². The van der Waals surface area contributed by atoms with Crippen LogP contribution in [0.4, 0.5) is 17.1 Å². The molecule has 26 nitrogen and oxygen atoms in total. The van der Waals surface area contributed by atoms with E-state index in [0.717, 1.165) is 38.7 Å². The Bertz CT molecular complexity index is 3420. The molecule has 0 saturated heterocycles. The maximum absolute atomic E-state index is 14.3. The molecule has 2 aliphatic rings. The average molecular weight is 1250 g/mol. The van der Waals surface area contributed by atoms with Crippen LogP contribution in [0.15, 0.2) is 101 Å². The summed E-state index contributed by atoms with van der Waals surface area (Å²) in [4.78, 5) is 140. The van der Waals surface area contributed by atoms with Gasteiger partial charge in [-0.05, 0) is 70.8 Å². The summed E-state index contributed by atoms with van der Waals surface area (Å²) in [6.07, 6.45) is 2.81. The van der Waals surface area contributed by atoms with E-state index in [1.807, 2.05) is 13.1 Å². The van der Waals surface area contributed by atoms with Gasteiger partial charge in [-0.25, -0.2) is 4.79 Å². The SMILES string of the molecule is CC(=O)OCOC(=O)CN(CC(=O)OCOC(C)=O)c1ccccc1OCCOc1cc(NC(=O)c2ccc(C3=C4C=CC(=O)C(Cl)=C4[Si-](C)(C)c4c3ccc(O)c4Cl)c(C(=O)O)c2)ccc1N(CC(=O)OCOC(C)=O)CC(=O)OCOC(C)=O. The van der Waals surface area contributed by atoms with Gasteiger partial charge in [-0.1, -0.05) is 61.6 Å². The first-order valence-corrected chi connectivity index (χ1v) is 29.3. The van der Waals surface area contributed by atoms with Crippen LogP contribution in [0.3, 0.4) is 0 Å². The number of carboxylic acids is 1. The number of allylic oxidation sites excluding steroid dienone is 5. The lowest BCUT2D eigenvalue weighted by Gasteiger charge is -2.48. The summed E-state index contributed by atoms with van der Waals surface area (Å²) in [6.45, 7) is 1.59. The van der Waals surface area contributed by atoms with E-state index in [-0.39, 0.29) is 74.3 Å². The third-order valence-corrected chi connectivity index (χ3v) is 17.0. The number of ketones is 1. The number of carboxylic acid groups (broad SMARTS) is 1. The number of aromatic carboxylic acids is 1. The Kier molecular flexibility index (Phi) is 22.6. The van der Waals surface area contributed by atoms with Gasteiger partial charge in [-0.2, -0.15) is 23.5 Å². The molecular formula is C57H55Cl2N3O23Si-. The highest BCUT2D eigenvalue weighted by Crippen LogP contribution is 2.47. The van der Waals surface area contributed by atoms with Crippen LogP contribution in [-0.4, -0.2) is 150 Å². The molecule has 1 aliphatic heterocycles. The van der Waals surface area contributed by atoms with Gasteiger partial charge in [0.1, 0.15) is 56.6 Å². The number of fused-ring (bicyclic) bond motifs is 2. The molecule has 0 spiro atoms. The van der Waals surface area contributed by atoms with Crippen LogP contribution in [0.25, 0.3) is 5.57 Å². The summed E-state index contributed by atoms with van der Waals surface area (Å²) in [5.41, 5.74) is 0.959. The molecule has 1 aliphatic carbocycles. The summed E-state index contributed by atoms with van der Waals surface area (Å²) >= 11 is 13.5. The highest BCUT2D eigenvalue weighted by Gasteiger charge is 2.37. The number of nitrogens with zero attached hydrogens (tertiary/aromatic N) is 2. The molecule has 6 rings (SSSR count). The number of phenolic OH excluding ortho intramolecular Hbond substituents is 1. The Morgan fingerprint density at radius 2 is 1.05 bits per heavy atom. The van der Waals surface area contributed by atoms with Gasteiger partial charge in [-0.15, -0.1) is 0 Å². The first kappa shape index (κ1) is 65.4. The molecule has 4 aromatic carbocycles. The monoisotopic (exact) mass is 1250 g/mol. The number of para-hydroxylation sites is 2. The van der Waals surface area contributed by atoms with Crippen LogP contribution in [0, 0.1) is 0 Å². The molecule has 455 valence electrons. The summed E-state index contributed by atoms with van der Waals surface area (Å²) in [5, 5.41) is 25.1. The number of hydrogen-bond acceptors (Lipinski definition) is 24. The number of carbonyl (C=O) groups excluding carboxylic acids is 10. The largest absolute Gasteiger partial charge is 0.507 e. The van der Waals surface area contributed by atoms with Gasteiger partial charge in [0.25, 0.3) is 5.91 Å². The highest BCUT2D eigenvalue weighted by atomic mass is 35.5. The first-order chi connectivity index (χ1) is 40.8. The molecule has 0 saturated carbocycles. The lowest BCUT2D eigenvalue weighted by Crippen LogP contribution is -2.50. The molecule has 0 fully saturated rings. The minimum Gasteiger partial charge on any atom is -0.507 e. The van der Waals surface area contributed by atoms with Crippen molar-refractivity contribution >= 4 is 125 Å². The second-order valence-electron chi connectivity index (χ2n) is 18.8. The van der Waals surface area contributed by atoms with Crippen molar-refractivity contribution in [3.63, 3.8) is 0 Å². The van der Waals surface area contributed by atoms with Gasteiger partial charge in [0, 0.05) is 45.0 Å². The number of rotatable bonds is 27. The Morgan fingerprint density at radius 1 is 0.570 bits per heavy atom. The molecule has 86 heavy (non-hydrogen) atoms. The van der Waals surface area contributed by atoms with Gasteiger partial charge < -0.3 is 72.7 Å². The normalized spacial score (nSPS) is 12.7. The summed E-state index contributed by atoms with van der Waals surface area (Å²) in [7, 11) is -2.99. The van der Waals surface area contributed by atoms with Crippen LogP contribution >= 0.6 is 23.2 Å². The number of halogens is 2. The fourth-order valence-electron chi connectivity index (χ4n) is 8.69. The van der Waals surface area contributed by atoms with Crippen LogP contribution in [0.5, 0.6) is 17.2 Å². The predicted molar refractivity (Wildman–Crippen MR) is 304 cm³/mol. The molecule has 0 aromatic heterocycles. The number of esters is 8. The quantitative estimate of drug-likeness (QED) is 0.0226. The van der Waals surface area contributed by atoms with Crippen molar-refractivity contribution in [2.24, 2.45) is 0 Å². The fourth-order valence-corrected chi connectivity index (χ4v) is 13.8. The van der Waals surface area contributed by atoms with Crippen molar-refractivity contribution in [1.29, 1.82) is 0 Å².